The molecule has 1 fully saturated rings. The van der Waals surface area contributed by atoms with Crippen LogP contribution in [-0.4, -0.2) is 54.6 Å². The molecule has 1 aliphatic rings. The van der Waals surface area contributed by atoms with Gasteiger partial charge in [0.25, 0.3) is 5.91 Å². The lowest BCUT2D eigenvalue weighted by Crippen LogP contribution is -2.50. The van der Waals surface area contributed by atoms with E-state index in [1.807, 2.05) is 18.2 Å². The van der Waals surface area contributed by atoms with Crippen molar-refractivity contribution in [3.63, 3.8) is 0 Å². The van der Waals surface area contributed by atoms with Gasteiger partial charge in [-0.3, -0.25) is 9.59 Å². The van der Waals surface area contributed by atoms with Crippen molar-refractivity contribution in [3.05, 3.63) is 44.7 Å². The monoisotopic (exact) mass is 346 g/mol. The SMILES string of the molecule is CCOC(=O)N1CCN(C(=O)c2cc3ccccc3c(=O)s2)CC1. The Bertz CT molecular complexity index is 825. The van der Waals surface area contributed by atoms with Gasteiger partial charge >= 0.3 is 6.09 Å². The van der Waals surface area contributed by atoms with E-state index in [4.69, 9.17) is 4.74 Å². The van der Waals surface area contributed by atoms with Crippen molar-refractivity contribution in [1.82, 2.24) is 9.80 Å². The van der Waals surface area contributed by atoms with Crippen LogP contribution in [0.2, 0.25) is 0 Å². The van der Waals surface area contributed by atoms with E-state index in [1.54, 1.807) is 28.9 Å². The Hall–Kier alpha value is -2.41. The van der Waals surface area contributed by atoms with Gasteiger partial charge in [-0.05, 0) is 24.4 Å². The van der Waals surface area contributed by atoms with E-state index in [0.29, 0.717) is 43.0 Å². The molecule has 0 N–H and O–H groups in total. The minimum atomic E-state index is -0.347. The molecule has 7 heteroatoms. The lowest BCUT2D eigenvalue weighted by molar-refractivity contribution is 0.0574. The van der Waals surface area contributed by atoms with Crippen molar-refractivity contribution in [2.45, 2.75) is 6.92 Å². The highest BCUT2D eigenvalue weighted by molar-refractivity contribution is 7.12. The van der Waals surface area contributed by atoms with Crippen LogP contribution in [0.5, 0.6) is 0 Å². The maximum atomic E-state index is 12.7. The summed E-state index contributed by atoms with van der Waals surface area (Å²) in [4.78, 5) is 40.2. The predicted octanol–water partition coefficient (Wildman–Crippen LogP) is 2.18. The largest absolute Gasteiger partial charge is 0.450 e. The fourth-order valence-electron chi connectivity index (χ4n) is 2.70. The van der Waals surface area contributed by atoms with E-state index < -0.39 is 0 Å². The number of fused-ring (bicyclic) bond motifs is 1. The van der Waals surface area contributed by atoms with Crippen LogP contribution in [0.4, 0.5) is 4.79 Å². The molecule has 0 radical (unpaired) electrons. The van der Waals surface area contributed by atoms with Crippen molar-refractivity contribution in [2.24, 2.45) is 0 Å². The second-order valence-electron chi connectivity index (χ2n) is 5.46. The van der Waals surface area contributed by atoms with E-state index in [-0.39, 0.29) is 16.7 Å². The Morgan fingerprint density at radius 3 is 2.50 bits per heavy atom. The van der Waals surface area contributed by atoms with Gasteiger partial charge in [-0.15, -0.1) is 0 Å². The van der Waals surface area contributed by atoms with Gasteiger partial charge in [0.1, 0.15) is 0 Å². The van der Waals surface area contributed by atoms with Gasteiger partial charge in [0, 0.05) is 31.6 Å². The zero-order valence-electron chi connectivity index (χ0n) is 13.4. The van der Waals surface area contributed by atoms with E-state index in [0.717, 1.165) is 16.7 Å². The van der Waals surface area contributed by atoms with Crippen LogP contribution in [0.3, 0.4) is 0 Å². The lowest BCUT2D eigenvalue weighted by atomic mass is 10.2. The first-order chi connectivity index (χ1) is 11.6. The number of hydrogen-bond donors (Lipinski definition) is 0. The molecule has 0 unspecified atom stereocenters. The molecule has 0 aliphatic carbocycles. The molecule has 1 saturated heterocycles. The molecular weight excluding hydrogens is 328 g/mol. The number of amides is 2. The molecule has 0 spiro atoms. The normalized spacial score (nSPS) is 14.7. The van der Waals surface area contributed by atoms with E-state index in [9.17, 15) is 14.4 Å². The Balaban J connectivity index is 1.74. The second kappa shape index (κ2) is 7.00. The van der Waals surface area contributed by atoms with Crippen molar-refractivity contribution in [3.8, 4) is 0 Å². The summed E-state index contributed by atoms with van der Waals surface area (Å²) in [5.74, 6) is -0.161. The van der Waals surface area contributed by atoms with Crippen molar-refractivity contribution in [2.75, 3.05) is 32.8 Å². The Morgan fingerprint density at radius 2 is 1.79 bits per heavy atom. The standard InChI is InChI=1S/C17H18N2O4S/c1-2-23-17(22)19-9-7-18(8-10-19)15(20)14-11-12-5-3-4-6-13(12)16(21)24-14/h3-6,11H,2,7-10H2,1H3. The summed E-state index contributed by atoms with van der Waals surface area (Å²) < 4.78 is 4.86. The smallest absolute Gasteiger partial charge is 0.409 e. The van der Waals surface area contributed by atoms with Crippen LogP contribution in [0.1, 0.15) is 16.6 Å². The minimum absolute atomic E-state index is 0.110. The minimum Gasteiger partial charge on any atom is -0.450 e. The van der Waals surface area contributed by atoms with E-state index >= 15 is 0 Å². The van der Waals surface area contributed by atoms with Crippen LogP contribution >= 0.6 is 11.3 Å². The van der Waals surface area contributed by atoms with Gasteiger partial charge in [0.05, 0.1) is 11.5 Å². The molecule has 3 rings (SSSR count). The molecule has 24 heavy (non-hydrogen) atoms. The molecule has 0 atom stereocenters. The van der Waals surface area contributed by atoms with E-state index in [1.165, 1.54) is 0 Å². The molecule has 0 saturated carbocycles. The van der Waals surface area contributed by atoms with Crippen LogP contribution < -0.4 is 4.74 Å². The summed E-state index contributed by atoms with van der Waals surface area (Å²) in [6, 6.07) is 9.02. The molecule has 2 amide bonds. The third-order valence-electron chi connectivity index (χ3n) is 3.97. The molecule has 6 nitrogen and oxygen atoms in total. The van der Waals surface area contributed by atoms with Gasteiger partial charge in [-0.2, -0.15) is 0 Å². The Kier molecular flexibility index (Phi) is 4.80. The topological polar surface area (TPSA) is 66.9 Å². The van der Waals surface area contributed by atoms with E-state index in [2.05, 4.69) is 0 Å². The maximum Gasteiger partial charge on any atom is 0.409 e. The number of hydrogen-bond acceptors (Lipinski definition) is 5. The first-order valence-electron chi connectivity index (χ1n) is 7.84. The first kappa shape index (κ1) is 16.4. The molecule has 0 bridgehead atoms. The third kappa shape index (κ3) is 3.26. The number of carbonyl (C=O) groups excluding carboxylic acids is 2. The fraction of sp³-hybridized carbons (Fsp3) is 0.353. The molecule has 2 heterocycles. The fourth-order valence-corrected chi connectivity index (χ4v) is 3.60. The zero-order chi connectivity index (χ0) is 17.1. The van der Waals surface area contributed by atoms with Crippen LogP contribution in [-0.2, 0) is 4.74 Å². The van der Waals surface area contributed by atoms with Crippen LogP contribution in [0.15, 0.2) is 35.1 Å². The molecule has 2 aromatic rings. The highest BCUT2D eigenvalue weighted by atomic mass is 32.1. The van der Waals surface area contributed by atoms with Crippen molar-refractivity contribution < 1.29 is 14.3 Å². The Labute approximate surface area is 143 Å². The van der Waals surface area contributed by atoms with Gasteiger partial charge in [0.2, 0.25) is 4.74 Å². The summed E-state index contributed by atoms with van der Waals surface area (Å²) in [7, 11) is 0. The summed E-state index contributed by atoms with van der Waals surface area (Å²) >= 11 is 0.972. The van der Waals surface area contributed by atoms with Crippen LogP contribution in [0, 0.1) is 0 Å². The maximum absolute atomic E-state index is 12.7. The molecule has 1 aromatic carbocycles. The molecule has 1 aromatic heterocycles. The van der Waals surface area contributed by atoms with Gasteiger partial charge < -0.3 is 14.5 Å². The number of carbonyl (C=O) groups is 2. The summed E-state index contributed by atoms with van der Waals surface area (Å²) in [6.07, 6.45) is -0.347. The highest BCUT2D eigenvalue weighted by Crippen LogP contribution is 2.17. The molecule has 1 aliphatic heterocycles. The second-order valence-corrected chi connectivity index (χ2v) is 6.48. The first-order valence-corrected chi connectivity index (χ1v) is 8.65. The summed E-state index contributed by atoms with van der Waals surface area (Å²) in [5, 5.41) is 1.40. The van der Waals surface area contributed by atoms with Crippen molar-refractivity contribution >= 4 is 34.1 Å². The average molecular weight is 346 g/mol. The Morgan fingerprint density at radius 1 is 1.12 bits per heavy atom. The summed E-state index contributed by atoms with van der Waals surface area (Å²) in [5.41, 5.74) is 0. The van der Waals surface area contributed by atoms with Gasteiger partial charge in [0.15, 0.2) is 0 Å². The lowest BCUT2D eigenvalue weighted by Gasteiger charge is -2.33. The highest BCUT2D eigenvalue weighted by Gasteiger charge is 2.26. The van der Waals surface area contributed by atoms with Gasteiger partial charge in [-0.1, -0.05) is 29.5 Å². The third-order valence-corrected chi connectivity index (χ3v) is 4.89. The number of piperazine rings is 1. The molecule has 126 valence electrons. The van der Waals surface area contributed by atoms with Crippen LogP contribution in [0.25, 0.3) is 10.8 Å². The average Bonchev–Trinajstić information content (AvgIpc) is 2.61. The predicted molar refractivity (Wildman–Crippen MR) is 92.6 cm³/mol. The zero-order valence-corrected chi connectivity index (χ0v) is 14.2. The van der Waals surface area contributed by atoms with Crippen molar-refractivity contribution in [1.29, 1.82) is 0 Å². The number of rotatable bonds is 2. The quantitative estimate of drug-likeness (QED) is 0.836. The number of nitrogens with zero attached hydrogens (tertiary/aromatic N) is 2. The molecular formula is C17H18N2O4S. The number of benzene rings is 1. The van der Waals surface area contributed by atoms with Gasteiger partial charge in [-0.25, -0.2) is 4.79 Å². The summed E-state index contributed by atoms with van der Waals surface area (Å²) in [6.45, 7) is 3.85. The number of ether oxygens (including phenoxy) is 1.